The Morgan fingerprint density at radius 1 is 1.00 bits per heavy atom. The fourth-order valence-corrected chi connectivity index (χ4v) is 3.86. The zero-order chi connectivity index (χ0) is 21.2. The lowest BCUT2D eigenvalue weighted by molar-refractivity contribution is -0.117. The number of carbonyl (C=O) groups excluding carboxylic acids is 2. The summed E-state index contributed by atoms with van der Waals surface area (Å²) in [5.74, 6) is 2.61. The van der Waals surface area contributed by atoms with Crippen molar-refractivity contribution in [1.82, 2.24) is 10.6 Å². The van der Waals surface area contributed by atoms with E-state index in [9.17, 15) is 9.59 Å². The molecule has 0 aliphatic carbocycles. The van der Waals surface area contributed by atoms with Crippen molar-refractivity contribution in [3.63, 3.8) is 0 Å². The van der Waals surface area contributed by atoms with Crippen molar-refractivity contribution in [3.8, 4) is 23.0 Å². The summed E-state index contributed by atoms with van der Waals surface area (Å²) in [4.78, 5) is 26.5. The summed E-state index contributed by atoms with van der Waals surface area (Å²) in [6.07, 6.45) is -0.0433. The van der Waals surface area contributed by atoms with Gasteiger partial charge < -0.3 is 34.5 Å². The lowest BCUT2D eigenvalue weighted by atomic mass is 10.2. The van der Waals surface area contributed by atoms with Crippen molar-refractivity contribution in [2.24, 2.45) is 0 Å². The number of hydrogen-bond donors (Lipinski definition) is 2. The standard InChI is InChI=1S/C22H23N3O6/c26-21-9-14(12-25(21)15-5-6-18-20(10-15)29-8-7-28-18)24-22(27)23-11-16-13-30-17-3-1-2-4-19(17)31-16/h1-6,10,14,16H,7-9,11-13H2,(H2,23,24,27)/t14-,16+/m1/s1. The van der Waals surface area contributed by atoms with Crippen molar-refractivity contribution < 1.29 is 28.5 Å². The van der Waals surface area contributed by atoms with Crippen LogP contribution in [0.4, 0.5) is 10.5 Å². The molecule has 2 N–H and O–H groups in total. The molecule has 2 aromatic rings. The number of carbonyl (C=O) groups is 2. The lowest BCUT2D eigenvalue weighted by Gasteiger charge is -2.26. The molecular weight excluding hydrogens is 402 g/mol. The number of amides is 3. The molecule has 1 saturated heterocycles. The number of nitrogens with zero attached hydrogens (tertiary/aromatic N) is 1. The largest absolute Gasteiger partial charge is 0.486 e. The SMILES string of the molecule is O=C(NC[C@H]1COc2ccccc2O1)N[C@@H]1CC(=O)N(c2ccc3c(c2)OCCO3)C1. The number of urea groups is 1. The molecule has 9 heteroatoms. The number of fused-ring (bicyclic) bond motifs is 2. The van der Waals surface area contributed by atoms with E-state index in [0.29, 0.717) is 55.9 Å². The Morgan fingerprint density at radius 3 is 2.65 bits per heavy atom. The fraction of sp³-hybridized carbons (Fsp3) is 0.364. The zero-order valence-corrected chi connectivity index (χ0v) is 16.8. The second kappa shape index (κ2) is 8.25. The van der Waals surface area contributed by atoms with Crippen LogP contribution in [-0.2, 0) is 4.79 Å². The first-order valence-electron chi connectivity index (χ1n) is 10.3. The predicted octanol–water partition coefficient (Wildman–Crippen LogP) is 1.70. The van der Waals surface area contributed by atoms with Crippen LogP contribution >= 0.6 is 0 Å². The van der Waals surface area contributed by atoms with E-state index in [1.54, 1.807) is 17.0 Å². The Morgan fingerprint density at radius 2 is 1.77 bits per heavy atom. The first-order valence-corrected chi connectivity index (χ1v) is 10.3. The second-order valence-electron chi connectivity index (χ2n) is 7.59. The number of ether oxygens (including phenoxy) is 4. The number of rotatable bonds is 4. The Balaban J connectivity index is 1.13. The molecule has 3 aliphatic rings. The summed E-state index contributed by atoms with van der Waals surface area (Å²) in [5.41, 5.74) is 0.727. The lowest BCUT2D eigenvalue weighted by Crippen LogP contribution is -2.47. The van der Waals surface area contributed by atoms with Gasteiger partial charge in [-0.3, -0.25) is 4.79 Å². The van der Waals surface area contributed by atoms with E-state index in [-0.39, 0.29) is 30.5 Å². The highest BCUT2D eigenvalue weighted by molar-refractivity contribution is 5.97. The van der Waals surface area contributed by atoms with Crippen LogP contribution in [-0.4, -0.2) is 57.0 Å². The highest BCUT2D eigenvalue weighted by atomic mass is 16.6. The van der Waals surface area contributed by atoms with Gasteiger partial charge in [-0.2, -0.15) is 0 Å². The minimum absolute atomic E-state index is 0.0531. The molecule has 0 radical (unpaired) electrons. The van der Waals surface area contributed by atoms with E-state index in [1.165, 1.54) is 0 Å². The van der Waals surface area contributed by atoms with Crippen LogP contribution < -0.4 is 34.5 Å². The summed E-state index contributed by atoms with van der Waals surface area (Å²) >= 11 is 0. The third-order valence-corrected chi connectivity index (χ3v) is 5.36. The fourth-order valence-electron chi connectivity index (χ4n) is 3.86. The Labute approximate surface area is 179 Å². The van der Waals surface area contributed by atoms with Gasteiger partial charge in [-0.1, -0.05) is 12.1 Å². The molecule has 0 aromatic heterocycles. The summed E-state index contributed by atoms with van der Waals surface area (Å²) < 4.78 is 22.6. The average molecular weight is 425 g/mol. The number of nitrogens with one attached hydrogen (secondary N) is 2. The smallest absolute Gasteiger partial charge is 0.315 e. The Bertz CT molecular complexity index is 997. The molecule has 0 bridgehead atoms. The highest BCUT2D eigenvalue weighted by Gasteiger charge is 2.32. The molecule has 0 unspecified atom stereocenters. The maximum Gasteiger partial charge on any atom is 0.315 e. The van der Waals surface area contributed by atoms with Crippen molar-refractivity contribution in [3.05, 3.63) is 42.5 Å². The minimum Gasteiger partial charge on any atom is -0.486 e. The summed E-state index contributed by atoms with van der Waals surface area (Å²) in [5, 5.41) is 5.66. The maximum absolute atomic E-state index is 12.5. The molecule has 3 amide bonds. The minimum atomic E-state index is -0.343. The van der Waals surface area contributed by atoms with Crippen molar-refractivity contribution in [2.75, 3.05) is 37.8 Å². The van der Waals surface area contributed by atoms with E-state index in [4.69, 9.17) is 18.9 Å². The number of anilines is 1. The summed E-state index contributed by atoms with van der Waals surface area (Å²) in [7, 11) is 0. The van der Waals surface area contributed by atoms with Crippen LogP contribution in [0.2, 0.25) is 0 Å². The first kappa shape index (κ1) is 19.3. The van der Waals surface area contributed by atoms with Crippen molar-refractivity contribution in [2.45, 2.75) is 18.6 Å². The maximum atomic E-state index is 12.5. The number of para-hydroxylation sites is 2. The topological polar surface area (TPSA) is 98.4 Å². The van der Waals surface area contributed by atoms with E-state index < -0.39 is 0 Å². The molecule has 2 atom stereocenters. The van der Waals surface area contributed by atoms with E-state index >= 15 is 0 Å². The van der Waals surface area contributed by atoms with Gasteiger partial charge in [0.05, 0.1) is 12.6 Å². The quantitative estimate of drug-likeness (QED) is 0.774. The third-order valence-electron chi connectivity index (χ3n) is 5.36. The van der Waals surface area contributed by atoms with Crippen LogP contribution in [0.15, 0.2) is 42.5 Å². The first-order chi connectivity index (χ1) is 15.2. The van der Waals surface area contributed by atoms with Gasteiger partial charge >= 0.3 is 6.03 Å². The second-order valence-corrected chi connectivity index (χ2v) is 7.59. The zero-order valence-electron chi connectivity index (χ0n) is 16.8. The van der Waals surface area contributed by atoms with Crippen LogP contribution in [0, 0.1) is 0 Å². The highest BCUT2D eigenvalue weighted by Crippen LogP contribution is 2.35. The van der Waals surface area contributed by atoms with Gasteiger partial charge in [0.2, 0.25) is 5.91 Å². The van der Waals surface area contributed by atoms with Gasteiger partial charge in [0.1, 0.15) is 19.8 Å². The molecule has 0 saturated carbocycles. The van der Waals surface area contributed by atoms with Crippen molar-refractivity contribution >= 4 is 17.6 Å². The molecule has 1 fully saturated rings. The van der Waals surface area contributed by atoms with E-state index in [0.717, 1.165) is 5.69 Å². The normalized spacial score (nSPS) is 21.5. The van der Waals surface area contributed by atoms with E-state index in [1.807, 2.05) is 30.3 Å². The molecule has 3 aliphatic heterocycles. The van der Waals surface area contributed by atoms with Crippen LogP contribution in [0.5, 0.6) is 23.0 Å². The number of benzene rings is 2. The van der Waals surface area contributed by atoms with Crippen molar-refractivity contribution in [1.29, 1.82) is 0 Å². The number of hydrogen-bond acceptors (Lipinski definition) is 6. The molecule has 3 heterocycles. The molecular formula is C22H23N3O6. The van der Waals surface area contributed by atoms with Gasteiger partial charge in [0.25, 0.3) is 0 Å². The predicted molar refractivity (Wildman–Crippen MR) is 111 cm³/mol. The van der Waals surface area contributed by atoms with Gasteiger partial charge in [0, 0.05) is 24.7 Å². The van der Waals surface area contributed by atoms with Gasteiger partial charge in [0.15, 0.2) is 29.1 Å². The van der Waals surface area contributed by atoms with Crippen LogP contribution in [0.1, 0.15) is 6.42 Å². The molecule has 5 rings (SSSR count). The van der Waals surface area contributed by atoms with Gasteiger partial charge in [-0.05, 0) is 24.3 Å². The average Bonchev–Trinajstić information content (AvgIpc) is 3.17. The van der Waals surface area contributed by atoms with Gasteiger partial charge in [-0.25, -0.2) is 4.79 Å². The molecule has 2 aromatic carbocycles. The third kappa shape index (κ3) is 4.16. The monoisotopic (exact) mass is 425 g/mol. The van der Waals surface area contributed by atoms with Crippen LogP contribution in [0.25, 0.3) is 0 Å². The molecule has 0 spiro atoms. The van der Waals surface area contributed by atoms with Crippen LogP contribution in [0.3, 0.4) is 0 Å². The van der Waals surface area contributed by atoms with E-state index in [2.05, 4.69) is 10.6 Å². The molecule has 9 nitrogen and oxygen atoms in total. The molecule has 162 valence electrons. The summed E-state index contributed by atoms with van der Waals surface area (Å²) in [6.45, 7) is 2.04. The summed E-state index contributed by atoms with van der Waals surface area (Å²) in [6, 6.07) is 12.2. The molecule has 31 heavy (non-hydrogen) atoms. The van der Waals surface area contributed by atoms with Gasteiger partial charge in [-0.15, -0.1) is 0 Å². The Kier molecular flexibility index (Phi) is 5.15. The Hall–Kier alpha value is -3.62.